The molecular formula is C18H15F3N2O2S. The zero-order valence-corrected chi connectivity index (χ0v) is 14.6. The van der Waals surface area contributed by atoms with E-state index in [9.17, 15) is 18.0 Å². The Morgan fingerprint density at radius 3 is 2.73 bits per heavy atom. The number of hydrogen-bond donors (Lipinski definition) is 1. The van der Waals surface area contributed by atoms with Crippen LogP contribution < -0.4 is 5.32 Å². The Bertz CT molecular complexity index is 887. The second kappa shape index (κ2) is 6.95. The lowest BCUT2D eigenvalue weighted by Crippen LogP contribution is -2.31. The average molecular weight is 380 g/mol. The van der Waals surface area contributed by atoms with Crippen LogP contribution in [0, 0.1) is 0 Å². The van der Waals surface area contributed by atoms with Gasteiger partial charge >= 0.3 is 6.18 Å². The second-order valence-electron chi connectivity index (χ2n) is 5.73. The molecule has 2 aromatic rings. The van der Waals surface area contributed by atoms with Crippen molar-refractivity contribution in [3.63, 3.8) is 0 Å². The van der Waals surface area contributed by atoms with Gasteiger partial charge in [-0.05, 0) is 42.9 Å². The number of amides is 1. The number of furan rings is 1. The van der Waals surface area contributed by atoms with Gasteiger partial charge in [0.1, 0.15) is 17.2 Å². The van der Waals surface area contributed by atoms with Crippen LogP contribution >= 0.6 is 12.2 Å². The molecule has 1 aliphatic rings. The maximum Gasteiger partial charge on any atom is 0.416 e. The van der Waals surface area contributed by atoms with Crippen molar-refractivity contribution in [2.45, 2.75) is 19.5 Å². The molecule has 0 atom stereocenters. The van der Waals surface area contributed by atoms with Crippen molar-refractivity contribution in [2.24, 2.45) is 0 Å². The van der Waals surface area contributed by atoms with E-state index < -0.39 is 11.7 Å². The topological polar surface area (TPSA) is 45.5 Å². The van der Waals surface area contributed by atoms with Crippen molar-refractivity contribution in [1.29, 1.82) is 0 Å². The van der Waals surface area contributed by atoms with Crippen LogP contribution in [0.1, 0.15) is 24.7 Å². The maximum absolute atomic E-state index is 12.8. The van der Waals surface area contributed by atoms with Crippen molar-refractivity contribution >= 4 is 29.3 Å². The molecule has 1 amide bonds. The molecule has 1 aliphatic heterocycles. The molecule has 8 heteroatoms. The van der Waals surface area contributed by atoms with Gasteiger partial charge in [0, 0.05) is 18.2 Å². The van der Waals surface area contributed by atoms with Gasteiger partial charge < -0.3 is 9.73 Å². The molecule has 1 aromatic heterocycles. The van der Waals surface area contributed by atoms with Crippen LogP contribution in [0.3, 0.4) is 0 Å². The van der Waals surface area contributed by atoms with Gasteiger partial charge in [0.25, 0.3) is 5.91 Å². The first kappa shape index (κ1) is 18.2. The predicted octanol–water partition coefficient (Wildman–Crippen LogP) is 4.43. The Hall–Kier alpha value is -2.61. The van der Waals surface area contributed by atoms with E-state index in [4.69, 9.17) is 16.6 Å². The largest absolute Gasteiger partial charge is 0.457 e. The third kappa shape index (κ3) is 3.65. The van der Waals surface area contributed by atoms with E-state index in [0.717, 1.165) is 18.6 Å². The lowest BCUT2D eigenvalue weighted by atomic mass is 10.1. The fraction of sp³-hybridized carbons (Fsp3) is 0.222. The number of carbonyl (C=O) groups is 1. The minimum absolute atomic E-state index is 0.256. The van der Waals surface area contributed by atoms with Crippen LogP contribution in [0.4, 0.5) is 13.2 Å². The molecule has 1 fully saturated rings. The van der Waals surface area contributed by atoms with Gasteiger partial charge in [-0.1, -0.05) is 19.1 Å². The summed E-state index contributed by atoms with van der Waals surface area (Å²) in [5.41, 5.74) is -0.175. The van der Waals surface area contributed by atoms with Gasteiger partial charge in [-0.15, -0.1) is 0 Å². The number of halogens is 3. The second-order valence-corrected chi connectivity index (χ2v) is 6.11. The lowest BCUT2D eigenvalue weighted by Gasteiger charge is -2.11. The van der Waals surface area contributed by atoms with Gasteiger partial charge in [0.15, 0.2) is 5.11 Å². The normalized spacial score (nSPS) is 16.5. The number of hydrogen-bond acceptors (Lipinski definition) is 3. The number of nitrogens with one attached hydrogen (secondary N) is 1. The molecule has 1 aromatic carbocycles. The van der Waals surface area contributed by atoms with Crippen LogP contribution in [0.15, 0.2) is 46.5 Å². The standard InChI is InChI=1S/C18H15F3N2O2S/c1-2-8-23-16(24)14(22-17(23)26)10-13-6-7-15(25-13)11-4-3-5-12(9-11)18(19,20)21/h3-7,9-10H,2,8H2,1H3,(H,22,26). The van der Waals surface area contributed by atoms with Gasteiger partial charge in [0.2, 0.25) is 0 Å². The molecule has 0 aliphatic carbocycles. The highest BCUT2D eigenvalue weighted by Crippen LogP contribution is 2.33. The SMILES string of the molecule is CCCN1C(=O)C(=Cc2ccc(-c3cccc(C(F)(F)F)c3)o2)NC1=S. The smallest absolute Gasteiger partial charge is 0.416 e. The molecule has 0 saturated carbocycles. The molecule has 136 valence electrons. The zero-order valence-electron chi connectivity index (χ0n) is 13.8. The first-order valence-electron chi connectivity index (χ1n) is 7.91. The van der Waals surface area contributed by atoms with Gasteiger partial charge in [0.05, 0.1) is 5.56 Å². The van der Waals surface area contributed by atoms with E-state index in [2.05, 4.69) is 5.32 Å². The summed E-state index contributed by atoms with van der Waals surface area (Å²) >= 11 is 5.12. The van der Waals surface area contributed by atoms with Crippen LogP contribution in [-0.4, -0.2) is 22.5 Å². The fourth-order valence-corrected chi connectivity index (χ4v) is 2.86. The van der Waals surface area contributed by atoms with E-state index in [0.29, 0.717) is 23.0 Å². The first-order valence-corrected chi connectivity index (χ1v) is 8.32. The van der Waals surface area contributed by atoms with E-state index >= 15 is 0 Å². The molecule has 1 N–H and O–H groups in total. The molecule has 0 bridgehead atoms. The van der Waals surface area contributed by atoms with Crippen LogP contribution in [0.2, 0.25) is 0 Å². The van der Waals surface area contributed by atoms with Crippen molar-refractivity contribution < 1.29 is 22.4 Å². The number of nitrogens with zero attached hydrogens (tertiary/aromatic N) is 1. The van der Waals surface area contributed by atoms with Crippen molar-refractivity contribution in [2.75, 3.05) is 6.54 Å². The Balaban J connectivity index is 1.85. The van der Waals surface area contributed by atoms with Crippen molar-refractivity contribution in [3.8, 4) is 11.3 Å². The maximum atomic E-state index is 12.8. The van der Waals surface area contributed by atoms with Gasteiger partial charge in [-0.25, -0.2) is 0 Å². The highest BCUT2D eigenvalue weighted by atomic mass is 32.1. The number of thiocarbonyl (C=S) groups is 1. The average Bonchev–Trinajstić information content (AvgIpc) is 3.15. The highest BCUT2D eigenvalue weighted by molar-refractivity contribution is 7.80. The summed E-state index contributed by atoms with van der Waals surface area (Å²) in [4.78, 5) is 13.7. The number of carbonyl (C=O) groups excluding carboxylic acids is 1. The zero-order chi connectivity index (χ0) is 18.9. The Morgan fingerprint density at radius 2 is 2.04 bits per heavy atom. The molecule has 4 nitrogen and oxygen atoms in total. The van der Waals surface area contributed by atoms with Gasteiger partial charge in [-0.2, -0.15) is 13.2 Å². The van der Waals surface area contributed by atoms with Crippen LogP contribution in [-0.2, 0) is 11.0 Å². The quantitative estimate of drug-likeness (QED) is 0.630. The molecular weight excluding hydrogens is 365 g/mol. The van der Waals surface area contributed by atoms with E-state index in [1.54, 1.807) is 12.1 Å². The predicted molar refractivity (Wildman–Crippen MR) is 94.9 cm³/mol. The molecule has 3 rings (SSSR count). The van der Waals surface area contributed by atoms with E-state index in [1.165, 1.54) is 23.1 Å². The number of benzene rings is 1. The Labute approximate surface area is 153 Å². The third-order valence-electron chi connectivity index (χ3n) is 3.80. The monoisotopic (exact) mass is 380 g/mol. The molecule has 26 heavy (non-hydrogen) atoms. The van der Waals surface area contributed by atoms with Crippen LogP contribution in [0.5, 0.6) is 0 Å². The summed E-state index contributed by atoms with van der Waals surface area (Å²) in [7, 11) is 0. The minimum Gasteiger partial charge on any atom is -0.457 e. The summed E-state index contributed by atoms with van der Waals surface area (Å²) in [6.07, 6.45) is -2.17. The summed E-state index contributed by atoms with van der Waals surface area (Å²) < 4.78 is 44.1. The van der Waals surface area contributed by atoms with Crippen LogP contribution in [0.25, 0.3) is 17.4 Å². The summed E-state index contributed by atoms with van der Waals surface area (Å²) in [5.74, 6) is 0.365. The molecule has 0 spiro atoms. The highest BCUT2D eigenvalue weighted by Gasteiger charge is 2.31. The molecule has 0 radical (unpaired) electrons. The Morgan fingerprint density at radius 1 is 1.27 bits per heavy atom. The number of rotatable bonds is 4. The summed E-state index contributed by atoms with van der Waals surface area (Å²) in [6, 6.07) is 8.02. The van der Waals surface area contributed by atoms with Crippen molar-refractivity contribution in [1.82, 2.24) is 10.2 Å². The fourth-order valence-electron chi connectivity index (χ4n) is 2.57. The lowest BCUT2D eigenvalue weighted by molar-refractivity contribution is -0.137. The molecule has 0 unspecified atom stereocenters. The molecule has 2 heterocycles. The summed E-state index contributed by atoms with van der Waals surface area (Å²) in [6.45, 7) is 2.45. The molecule has 1 saturated heterocycles. The van der Waals surface area contributed by atoms with E-state index in [1.807, 2.05) is 6.92 Å². The first-order chi connectivity index (χ1) is 12.3. The van der Waals surface area contributed by atoms with Crippen molar-refractivity contribution in [3.05, 3.63) is 53.4 Å². The third-order valence-corrected chi connectivity index (χ3v) is 4.12. The van der Waals surface area contributed by atoms with Gasteiger partial charge in [-0.3, -0.25) is 9.69 Å². The summed E-state index contributed by atoms with van der Waals surface area (Å²) in [5, 5.41) is 3.15. The Kier molecular flexibility index (Phi) is 4.86. The number of alkyl halides is 3. The van der Waals surface area contributed by atoms with E-state index in [-0.39, 0.29) is 17.4 Å². The minimum atomic E-state index is -4.42.